The Kier molecular flexibility index (Phi) is 5.89. The zero-order chi connectivity index (χ0) is 18.4. The summed E-state index contributed by atoms with van der Waals surface area (Å²) in [5.41, 5.74) is 3.02. The molecule has 3 rings (SSSR count). The fraction of sp³-hybridized carbons (Fsp3) is 0.333. The highest BCUT2D eigenvalue weighted by atomic mass is 16.5. The molecule has 1 aliphatic rings. The molecule has 1 heterocycles. The number of methoxy groups -OCH3 is 1. The molecule has 0 radical (unpaired) electrons. The summed E-state index contributed by atoms with van der Waals surface area (Å²) in [7, 11) is 1.64. The van der Waals surface area contributed by atoms with E-state index in [1.54, 1.807) is 7.11 Å². The summed E-state index contributed by atoms with van der Waals surface area (Å²) in [6.07, 6.45) is 2.66. The van der Waals surface area contributed by atoms with E-state index in [1.165, 1.54) is 0 Å². The van der Waals surface area contributed by atoms with Crippen LogP contribution < -0.4 is 15.0 Å². The van der Waals surface area contributed by atoms with E-state index < -0.39 is 0 Å². The summed E-state index contributed by atoms with van der Waals surface area (Å²) in [6, 6.07) is 15.6. The maximum Gasteiger partial charge on any atom is 0.227 e. The van der Waals surface area contributed by atoms with Crippen molar-refractivity contribution < 1.29 is 14.3 Å². The van der Waals surface area contributed by atoms with Gasteiger partial charge in [0.1, 0.15) is 5.75 Å². The minimum Gasteiger partial charge on any atom is -0.497 e. The van der Waals surface area contributed by atoms with Crippen molar-refractivity contribution in [3.8, 4) is 5.75 Å². The van der Waals surface area contributed by atoms with Gasteiger partial charge in [-0.15, -0.1) is 0 Å². The average molecular weight is 352 g/mol. The van der Waals surface area contributed by atoms with Gasteiger partial charge in [-0.3, -0.25) is 9.59 Å². The SMILES string of the molecule is COc1ccc(CCC(=O)NCc2cccc(N3CCCC3=O)c2)cc1. The van der Waals surface area contributed by atoms with Gasteiger partial charge in [0.05, 0.1) is 7.11 Å². The average Bonchev–Trinajstić information content (AvgIpc) is 3.11. The molecule has 0 aliphatic carbocycles. The van der Waals surface area contributed by atoms with Crippen molar-refractivity contribution >= 4 is 17.5 Å². The van der Waals surface area contributed by atoms with E-state index in [-0.39, 0.29) is 11.8 Å². The second-order valence-electron chi connectivity index (χ2n) is 6.44. The van der Waals surface area contributed by atoms with E-state index in [9.17, 15) is 9.59 Å². The van der Waals surface area contributed by atoms with Gasteiger partial charge in [-0.1, -0.05) is 24.3 Å². The van der Waals surface area contributed by atoms with Crippen molar-refractivity contribution in [2.24, 2.45) is 0 Å². The molecule has 0 atom stereocenters. The molecule has 2 aromatic carbocycles. The van der Waals surface area contributed by atoms with Gasteiger partial charge in [-0.2, -0.15) is 0 Å². The van der Waals surface area contributed by atoms with E-state index in [0.717, 1.165) is 35.5 Å². The lowest BCUT2D eigenvalue weighted by Gasteiger charge is -2.16. The molecule has 0 bridgehead atoms. The first-order chi connectivity index (χ1) is 12.7. The number of hydrogen-bond acceptors (Lipinski definition) is 3. The fourth-order valence-electron chi connectivity index (χ4n) is 3.09. The largest absolute Gasteiger partial charge is 0.497 e. The van der Waals surface area contributed by atoms with Gasteiger partial charge >= 0.3 is 0 Å². The van der Waals surface area contributed by atoms with Gasteiger partial charge in [0.15, 0.2) is 0 Å². The number of nitrogens with zero attached hydrogens (tertiary/aromatic N) is 1. The summed E-state index contributed by atoms with van der Waals surface area (Å²) >= 11 is 0. The topological polar surface area (TPSA) is 58.6 Å². The third-order valence-corrected chi connectivity index (χ3v) is 4.59. The maximum atomic E-state index is 12.1. The van der Waals surface area contributed by atoms with E-state index >= 15 is 0 Å². The first-order valence-corrected chi connectivity index (χ1v) is 8.94. The number of hydrogen-bond donors (Lipinski definition) is 1. The van der Waals surface area contributed by atoms with Gasteiger partial charge in [0.2, 0.25) is 11.8 Å². The van der Waals surface area contributed by atoms with Gasteiger partial charge in [0, 0.05) is 31.6 Å². The van der Waals surface area contributed by atoms with E-state index in [0.29, 0.717) is 25.8 Å². The number of amides is 2. The lowest BCUT2D eigenvalue weighted by Crippen LogP contribution is -2.25. The molecule has 1 aliphatic heterocycles. The first-order valence-electron chi connectivity index (χ1n) is 8.94. The number of anilines is 1. The highest BCUT2D eigenvalue weighted by Gasteiger charge is 2.21. The number of nitrogens with one attached hydrogen (secondary N) is 1. The van der Waals surface area contributed by atoms with Gasteiger partial charge in [-0.05, 0) is 48.2 Å². The molecule has 2 amide bonds. The standard InChI is InChI=1S/C21H24N2O3/c1-26-19-10-7-16(8-11-19)9-12-20(24)22-15-17-4-2-5-18(14-17)23-13-3-6-21(23)25/h2,4-5,7-8,10-11,14H,3,6,9,12-13,15H2,1H3,(H,22,24). The van der Waals surface area contributed by atoms with Crippen molar-refractivity contribution in [3.63, 3.8) is 0 Å². The molecular formula is C21H24N2O3. The quantitative estimate of drug-likeness (QED) is 0.833. The van der Waals surface area contributed by atoms with Crippen molar-refractivity contribution in [2.45, 2.75) is 32.2 Å². The van der Waals surface area contributed by atoms with Crippen molar-refractivity contribution in [1.29, 1.82) is 0 Å². The maximum absolute atomic E-state index is 12.1. The van der Waals surface area contributed by atoms with Gasteiger partial charge in [-0.25, -0.2) is 0 Å². The number of aryl methyl sites for hydroxylation is 1. The van der Waals surface area contributed by atoms with Crippen LogP contribution in [0.1, 0.15) is 30.4 Å². The van der Waals surface area contributed by atoms with Crippen molar-refractivity contribution in [3.05, 3.63) is 59.7 Å². The van der Waals surface area contributed by atoms with Crippen LogP contribution in [0.2, 0.25) is 0 Å². The van der Waals surface area contributed by atoms with Crippen LogP contribution in [0.4, 0.5) is 5.69 Å². The normalized spacial score (nSPS) is 13.7. The molecule has 1 saturated heterocycles. The number of rotatable bonds is 7. The number of carbonyl (C=O) groups excluding carboxylic acids is 2. The van der Waals surface area contributed by atoms with Crippen LogP contribution in [0.3, 0.4) is 0 Å². The van der Waals surface area contributed by atoms with Crippen molar-refractivity contribution in [1.82, 2.24) is 5.32 Å². The van der Waals surface area contributed by atoms with E-state index in [2.05, 4.69) is 5.32 Å². The molecule has 1 fully saturated rings. The van der Waals surface area contributed by atoms with Crippen LogP contribution >= 0.6 is 0 Å². The van der Waals surface area contributed by atoms with Crippen LogP contribution in [-0.4, -0.2) is 25.5 Å². The molecular weight excluding hydrogens is 328 g/mol. The predicted octanol–water partition coefficient (Wildman–Crippen LogP) is 3.07. The molecule has 0 spiro atoms. The third-order valence-electron chi connectivity index (χ3n) is 4.59. The third kappa shape index (κ3) is 4.63. The molecule has 136 valence electrons. The van der Waals surface area contributed by atoms with Crippen LogP contribution in [0.5, 0.6) is 5.75 Å². The highest BCUT2D eigenvalue weighted by molar-refractivity contribution is 5.95. The summed E-state index contributed by atoms with van der Waals surface area (Å²) in [4.78, 5) is 25.8. The minimum absolute atomic E-state index is 0.0171. The number of ether oxygens (including phenoxy) is 1. The molecule has 2 aromatic rings. The zero-order valence-electron chi connectivity index (χ0n) is 15.0. The molecule has 5 nitrogen and oxygen atoms in total. The lowest BCUT2D eigenvalue weighted by molar-refractivity contribution is -0.121. The Balaban J connectivity index is 1.48. The number of carbonyl (C=O) groups is 2. The Morgan fingerprint density at radius 3 is 2.65 bits per heavy atom. The van der Waals surface area contributed by atoms with Gasteiger partial charge in [0.25, 0.3) is 0 Å². The molecule has 0 aromatic heterocycles. The van der Waals surface area contributed by atoms with Crippen LogP contribution in [-0.2, 0) is 22.6 Å². The Morgan fingerprint density at radius 1 is 1.15 bits per heavy atom. The van der Waals surface area contributed by atoms with Gasteiger partial charge < -0.3 is 15.0 Å². The zero-order valence-corrected chi connectivity index (χ0v) is 15.0. The predicted molar refractivity (Wildman–Crippen MR) is 101 cm³/mol. The molecule has 0 unspecified atom stereocenters. The molecule has 0 saturated carbocycles. The van der Waals surface area contributed by atoms with Crippen molar-refractivity contribution in [2.75, 3.05) is 18.6 Å². The summed E-state index contributed by atoms with van der Waals surface area (Å²) in [5.74, 6) is 1.00. The fourth-order valence-corrected chi connectivity index (χ4v) is 3.09. The Bertz CT molecular complexity index is 771. The Hall–Kier alpha value is -2.82. The number of benzene rings is 2. The summed E-state index contributed by atoms with van der Waals surface area (Å²) in [6.45, 7) is 1.24. The monoisotopic (exact) mass is 352 g/mol. The van der Waals surface area contributed by atoms with Crippen LogP contribution in [0.25, 0.3) is 0 Å². The van der Waals surface area contributed by atoms with Crippen LogP contribution in [0.15, 0.2) is 48.5 Å². The second-order valence-corrected chi connectivity index (χ2v) is 6.44. The smallest absolute Gasteiger partial charge is 0.227 e. The summed E-state index contributed by atoms with van der Waals surface area (Å²) < 4.78 is 5.13. The summed E-state index contributed by atoms with van der Waals surface area (Å²) in [5, 5.41) is 2.95. The van der Waals surface area contributed by atoms with Crippen LogP contribution in [0, 0.1) is 0 Å². The highest BCUT2D eigenvalue weighted by Crippen LogP contribution is 2.22. The molecule has 26 heavy (non-hydrogen) atoms. The molecule has 5 heteroatoms. The Labute approximate surface area is 154 Å². The Morgan fingerprint density at radius 2 is 1.96 bits per heavy atom. The molecule has 1 N–H and O–H groups in total. The van der Waals surface area contributed by atoms with E-state index in [4.69, 9.17) is 4.74 Å². The van der Waals surface area contributed by atoms with E-state index in [1.807, 2.05) is 53.4 Å². The first kappa shape index (κ1) is 18.0. The minimum atomic E-state index is 0.0171. The second kappa shape index (κ2) is 8.52. The lowest BCUT2D eigenvalue weighted by atomic mass is 10.1.